The number of allylic oxidation sites excluding steroid dienone is 4. The summed E-state index contributed by atoms with van der Waals surface area (Å²) in [6.07, 6.45) is 23.1. The molecule has 0 saturated carbocycles. The molecule has 2 heteroatoms. The van der Waals surface area contributed by atoms with E-state index in [1.54, 1.807) is 0 Å². The maximum absolute atomic E-state index is 10.9. The molecule has 0 fully saturated rings. The Hall–Kier alpha value is -1.05. The number of carbonyl (C=O) groups excluding carboxylic acids is 1. The van der Waals surface area contributed by atoms with Crippen LogP contribution in [0.25, 0.3) is 0 Å². The van der Waals surface area contributed by atoms with E-state index < -0.39 is 0 Å². The maximum atomic E-state index is 10.9. The molecule has 0 aromatic rings. The molecule has 0 atom stereocenters. The first kappa shape index (κ1) is 19.9. The van der Waals surface area contributed by atoms with Crippen LogP contribution >= 0.6 is 0 Å². The zero-order chi connectivity index (χ0) is 15.6. The van der Waals surface area contributed by atoms with Gasteiger partial charge in [0.25, 0.3) is 0 Å². The minimum absolute atomic E-state index is 0.100. The third kappa shape index (κ3) is 16.9. The Balaban J connectivity index is 3.23. The van der Waals surface area contributed by atoms with E-state index >= 15 is 0 Å². The topological polar surface area (TPSA) is 26.3 Å². The number of hydrogen-bond donors (Lipinski definition) is 0. The van der Waals surface area contributed by atoms with E-state index in [0.29, 0.717) is 6.42 Å². The zero-order valence-corrected chi connectivity index (χ0v) is 14.1. The first-order chi connectivity index (χ1) is 10.3. The first-order valence-corrected chi connectivity index (χ1v) is 8.68. The molecule has 0 aromatic heterocycles. The lowest BCUT2D eigenvalue weighted by Gasteiger charge is -1.97. The molecule has 0 rings (SSSR count). The van der Waals surface area contributed by atoms with Gasteiger partial charge in [0.15, 0.2) is 0 Å². The molecular formula is C19H34O2. The Morgan fingerprint density at radius 2 is 1.38 bits per heavy atom. The van der Waals surface area contributed by atoms with E-state index in [0.717, 1.165) is 25.7 Å². The molecule has 0 heterocycles. The average molecular weight is 294 g/mol. The predicted molar refractivity (Wildman–Crippen MR) is 91.4 cm³/mol. The van der Waals surface area contributed by atoms with Gasteiger partial charge < -0.3 is 4.74 Å². The Kier molecular flexibility index (Phi) is 16.2. The van der Waals surface area contributed by atoms with E-state index in [1.165, 1.54) is 52.1 Å². The Morgan fingerprint density at radius 3 is 2.00 bits per heavy atom. The Labute approximate surface area is 131 Å². The third-order valence-corrected chi connectivity index (χ3v) is 3.56. The van der Waals surface area contributed by atoms with Crippen molar-refractivity contribution in [1.29, 1.82) is 0 Å². The van der Waals surface area contributed by atoms with Gasteiger partial charge in [0.2, 0.25) is 0 Å². The second-order valence-corrected chi connectivity index (χ2v) is 5.56. The molecule has 0 bridgehead atoms. The molecule has 21 heavy (non-hydrogen) atoms. The lowest BCUT2D eigenvalue weighted by Crippen LogP contribution is -1.98. The van der Waals surface area contributed by atoms with Crippen molar-refractivity contribution >= 4 is 5.97 Å². The van der Waals surface area contributed by atoms with E-state index in [9.17, 15) is 4.79 Å². The number of esters is 1. The number of hydrogen-bond acceptors (Lipinski definition) is 2. The summed E-state index contributed by atoms with van der Waals surface area (Å²) in [7, 11) is 1.44. The minimum Gasteiger partial charge on any atom is -0.469 e. The molecule has 0 radical (unpaired) electrons. The summed E-state index contributed by atoms with van der Waals surface area (Å²) in [6, 6.07) is 0. The predicted octanol–water partition coefficient (Wildman–Crippen LogP) is 5.97. The summed E-state index contributed by atoms with van der Waals surface area (Å²) in [5.74, 6) is -0.100. The number of unbranched alkanes of at least 4 members (excludes halogenated alkanes) is 8. The highest BCUT2D eigenvalue weighted by molar-refractivity contribution is 5.68. The first-order valence-electron chi connectivity index (χ1n) is 8.68. The Bertz CT molecular complexity index is 279. The van der Waals surface area contributed by atoms with E-state index in [1.807, 2.05) is 0 Å². The van der Waals surface area contributed by atoms with Gasteiger partial charge in [-0.05, 0) is 38.5 Å². The van der Waals surface area contributed by atoms with Crippen molar-refractivity contribution in [2.45, 2.75) is 84.0 Å². The third-order valence-electron chi connectivity index (χ3n) is 3.56. The van der Waals surface area contributed by atoms with Crippen molar-refractivity contribution in [3.63, 3.8) is 0 Å². The summed E-state index contributed by atoms with van der Waals surface area (Å²) in [5.41, 5.74) is 0. The normalized spacial score (nSPS) is 11.5. The van der Waals surface area contributed by atoms with Gasteiger partial charge in [0.1, 0.15) is 0 Å². The summed E-state index contributed by atoms with van der Waals surface area (Å²) in [6.45, 7) is 2.26. The molecule has 0 aliphatic rings. The molecule has 0 saturated heterocycles. The number of methoxy groups -OCH3 is 1. The highest BCUT2D eigenvalue weighted by Crippen LogP contribution is 2.07. The molecular weight excluding hydrogens is 260 g/mol. The summed E-state index contributed by atoms with van der Waals surface area (Å²) in [4.78, 5) is 10.9. The van der Waals surface area contributed by atoms with Gasteiger partial charge in [0, 0.05) is 6.42 Å². The average Bonchev–Trinajstić information content (AvgIpc) is 2.50. The monoisotopic (exact) mass is 294 g/mol. The lowest BCUT2D eigenvalue weighted by molar-refractivity contribution is -0.140. The van der Waals surface area contributed by atoms with Crippen LogP contribution in [0.15, 0.2) is 24.3 Å². The van der Waals surface area contributed by atoms with Crippen molar-refractivity contribution in [2.75, 3.05) is 7.11 Å². The van der Waals surface area contributed by atoms with Crippen LogP contribution < -0.4 is 0 Å². The molecule has 0 unspecified atom stereocenters. The van der Waals surface area contributed by atoms with Crippen LogP contribution in [-0.4, -0.2) is 13.1 Å². The van der Waals surface area contributed by atoms with Crippen molar-refractivity contribution in [3.8, 4) is 0 Å². The van der Waals surface area contributed by atoms with Gasteiger partial charge in [-0.15, -0.1) is 0 Å². The van der Waals surface area contributed by atoms with E-state index in [4.69, 9.17) is 0 Å². The van der Waals surface area contributed by atoms with Crippen LogP contribution in [-0.2, 0) is 9.53 Å². The molecule has 0 aromatic carbocycles. The van der Waals surface area contributed by atoms with Gasteiger partial charge in [-0.2, -0.15) is 0 Å². The van der Waals surface area contributed by atoms with E-state index in [2.05, 4.69) is 36.0 Å². The summed E-state index contributed by atoms with van der Waals surface area (Å²) < 4.78 is 4.60. The highest BCUT2D eigenvalue weighted by atomic mass is 16.5. The van der Waals surface area contributed by atoms with Crippen LogP contribution in [0.4, 0.5) is 0 Å². The van der Waals surface area contributed by atoms with Crippen molar-refractivity contribution in [2.24, 2.45) is 0 Å². The van der Waals surface area contributed by atoms with Crippen LogP contribution in [0.5, 0.6) is 0 Å². The van der Waals surface area contributed by atoms with E-state index in [-0.39, 0.29) is 5.97 Å². The lowest BCUT2D eigenvalue weighted by atomic mass is 10.1. The standard InChI is InChI=1S/C19H34O2/c1-3-4-5-6-7-8-9-10-11-12-13-14-15-16-17-18-19(20)21-2/h10-11,13-14H,3-9,12,15-18H2,1-2H3/b11-10-,14-13-. The van der Waals surface area contributed by atoms with Crippen molar-refractivity contribution < 1.29 is 9.53 Å². The Morgan fingerprint density at radius 1 is 0.810 bits per heavy atom. The molecule has 2 nitrogen and oxygen atoms in total. The highest BCUT2D eigenvalue weighted by Gasteiger charge is 1.97. The number of carbonyl (C=O) groups is 1. The fourth-order valence-electron chi connectivity index (χ4n) is 2.18. The van der Waals surface area contributed by atoms with Crippen LogP contribution in [0.2, 0.25) is 0 Å². The second kappa shape index (κ2) is 17.0. The van der Waals surface area contributed by atoms with Gasteiger partial charge in [0.05, 0.1) is 7.11 Å². The van der Waals surface area contributed by atoms with Crippen LogP contribution in [0.3, 0.4) is 0 Å². The van der Waals surface area contributed by atoms with Gasteiger partial charge in [-0.3, -0.25) is 4.79 Å². The SMILES string of the molecule is CCCCCCCC/C=C\C/C=C\CCCCC(=O)OC. The maximum Gasteiger partial charge on any atom is 0.305 e. The largest absolute Gasteiger partial charge is 0.469 e. The molecule has 0 N–H and O–H groups in total. The minimum atomic E-state index is -0.100. The second-order valence-electron chi connectivity index (χ2n) is 5.56. The molecule has 122 valence electrons. The molecule has 0 amide bonds. The van der Waals surface area contributed by atoms with Gasteiger partial charge in [-0.1, -0.05) is 63.3 Å². The van der Waals surface area contributed by atoms with Gasteiger partial charge >= 0.3 is 5.97 Å². The van der Waals surface area contributed by atoms with Crippen molar-refractivity contribution in [1.82, 2.24) is 0 Å². The number of ether oxygens (including phenoxy) is 1. The smallest absolute Gasteiger partial charge is 0.305 e. The van der Waals surface area contributed by atoms with Crippen molar-refractivity contribution in [3.05, 3.63) is 24.3 Å². The molecule has 0 aliphatic heterocycles. The molecule has 0 spiro atoms. The van der Waals surface area contributed by atoms with Gasteiger partial charge in [-0.25, -0.2) is 0 Å². The quantitative estimate of drug-likeness (QED) is 0.224. The van der Waals surface area contributed by atoms with Crippen LogP contribution in [0, 0.1) is 0 Å². The zero-order valence-electron chi connectivity index (χ0n) is 14.1. The molecule has 0 aliphatic carbocycles. The summed E-state index contributed by atoms with van der Waals surface area (Å²) in [5, 5.41) is 0. The fourth-order valence-corrected chi connectivity index (χ4v) is 2.18. The summed E-state index contributed by atoms with van der Waals surface area (Å²) >= 11 is 0. The number of rotatable bonds is 14. The van der Waals surface area contributed by atoms with Crippen LogP contribution in [0.1, 0.15) is 84.0 Å². The fraction of sp³-hybridized carbons (Fsp3) is 0.737.